The van der Waals surface area contributed by atoms with Crippen LogP contribution in [-0.4, -0.2) is 13.4 Å². The second-order valence-corrected chi connectivity index (χ2v) is 25.7. The average molecular weight is 1390 g/mol. The third-order valence-electron chi connectivity index (χ3n) is 19.0. The number of hydrogen-bond acceptors (Lipinski definition) is 6. The standard InChI is InChI=1S/C80H43B2F14N5S/c83-55-29-15-30-56(84)74(55)97(45-21-6-2-7-22-45)47-39-65-70-66(40-47)101(72-49(44-19-4-1-5-20-44)25-14-26-50(72)79(91,92)93)73-53(81(70)51-27-10-12-37-63(51)99(65)76-59(87)33-17-34-60(76)88)43-54-78(69(73)80(94,95)96)102-68-42-48(98(46-23-8-3-9-24-46)75-57(85)31-16-32-58(75)86)41-67-71(68)82(54)52-28-11-13-38-64(52)100(67)77-61(89)35-18-36-62(77)90/h1-43H. The van der Waals surface area contributed by atoms with E-state index in [1.54, 1.807) is 54.6 Å². The molecule has 0 N–H and O–H groups in total. The highest BCUT2D eigenvalue weighted by Gasteiger charge is 2.54. The quantitative estimate of drug-likeness (QED) is 0.0995. The van der Waals surface area contributed by atoms with Gasteiger partial charge in [-0.05, 0) is 148 Å². The third-order valence-corrected chi connectivity index (χ3v) is 20.2. The van der Waals surface area contributed by atoms with Gasteiger partial charge in [-0.25, -0.2) is 35.1 Å². The maximum Gasteiger partial charge on any atom is 0.419 e. The van der Waals surface area contributed by atoms with E-state index < -0.39 is 128 Å². The lowest BCUT2D eigenvalue weighted by Crippen LogP contribution is -2.65. The molecule has 5 nitrogen and oxygen atoms in total. The fourth-order valence-corrected chi connectivity index (χ4v) is 16.5. The summed E-state index contributed by atoms with van der Waals surface area (Å²) in [5.41, 5.74) is -8.67. The van der Waals surface area contributed by atoms with Crippen molar-refractivity contribution >= 4 is 143 Å². The number of anilines is 15. The van der Waals surface area contributed by atoms with Gasteiger partial charge in [-0.15, -0.1) is 0 Å². The van der Waals surface area contributed by atoms with Crippen LogP contribution in [0.1, 0.15) is 11.1 Å². The summed E-state index contributed by atoms with van der Waals surface area (Å²) in [6.07, 6.45) is -11.0. The zero-order valence-electron chi connectivity index (χ0n) is 52.4. The molecule has 498 valence electrons. The normalized spacial score (nSPS) is 13.3. The molecule has 0 saturated heterocycles. The number of rotatable bonds is 10. The van der Waals surface area contributed by atoms with Crippen molar-refractivity contribution in [3.8, 4) is 11.1 Å². The number of alkyl halides is 6. The maximum atomic E-state index is 18.4. The zero-order chi connectivity index (χ0) is 70.4. The second kappa shape index (κ2) is 24.0. The molecule has 0 bridgehead atoms. The largest absolute Gasteiger partial charge is 0.419 e. The summed E-state index contributed by atoms with van der Waals surface area (Å²) < 4.78 is 242. The van der Waals surface area contributed by atoms with E-state index >= 15 is 61.5 Å². The van der Waals surface area contributed by atoms with Gasteiger partial charge in [0.15, 0.2) is 0 Å². The lowest BCUT2D eigenvalue weighted by atomic mass is 9.30. The van der Waals surface area contributed by atoms with Gasteiger partial charge in [-0.1, -0.05) is 163 Å². The SMILES string of the molecule is Fc1cccc(F)c1N(c1ccccc1)c1cc2c3c(c1)N(c1c(F)cccc1F)c1ccccc1B3c1cc3c(c(C(F)(F)F)c1S2)N(c1c(-c2ccccc2)cccc1C(F)(F)F)c1cc(N(c2ccccc2)c2c(F)cccc2F)cc2c1B3c1ccccc1N2c1c(F)cccc1F. The molecule has 0 radical (unpaired) electrons. The molecule has 0 amide bonds. The number of nitrogens with zero attached hydrogens (tertiary/aromatic N) is 5. The van der Waals surface area contributed by atoms with Gasteiger partial charge in [0.05, 0.1) is 28.2 Å². The van der Waals surface area contributed by atoms with Crippen LogP contribution >= 0.6 is 11.8 Å². The molecule has 4 heterocycles. The monoisotopic (exact) mass is 1390 g/mol. The van der Waals surface area contributed by atoms with Gasteiger partial charge in [0.2, 0.25) is 6.71 Å². The van der Waals surface area contributed by atoms with Crippen molar-refractivity contribution in [2.45, 2.75) is 22.1 Å². The van der Waals surface area contributed by atoms with Crippen molar-refractivity contribution in [2.24, 2.45) is 0 Å². The van der Waals surface area contributed by atoms with Gasteiger partial charge in [-0.3, -0.25) is 0 Å². The highest BCUT2D eigenvalue weighted by atomic mass is 32.2. The van der Waals surface area contributed by atoms with Crippen LogP contribution in [0.25, 0.3) is 11.1 Å². The summed E-state index contributed by atoms with van der Waals surface area (Å²) in [6.45, 7) is -2.94. The first kappa shape index (κ1) is 63.8. The zero-order valence-corrected chi connectivity index (χ0v) is 53.2. The van der Waals surface area contributed by atoms with Crippen LogP contribution in [0.5, 0.6) is 0 Å². The van der Waals surface area contributed by atoms with Gasteiger partial charge in [-0.2, -0.15) is 26.3 Å². The summed E-state index contributed by atoms with van der Waals surface area (Å²) in [4.78, 5) is 4.89. The lowest BCUT2D eigenvalue weighted by molar-refractivity contribution is -0.139. The van der Waals surface area contributed by atoms with Gasteiger partial charge in [0.1, 0.15) is 69.3 Å². The molecular formula is C80H43B2F14N5S. The summed E-state index contributed by atoms with van der Waals surface area (Å²) in [6, 6.07) is 57.6. The number of halogens is 14. The van der Waals surface area contributed by atoms with Crippen molar-refractivity contribution < 1.29 is 61.5 Å². The molecule has 13 aromatic rings. The van der Waals surface area contributed by atoms with Crippen LogP contribution in [0.2, 0.25) is 0 Å². The summed E-state index contributed by atoms with van der Waals surface area (Å²) in [5, 5.41) is 0. The second-order valence-electron chi connectivity index (χ2n) is 24.7. The number of fused-ring (bicyclic) bond motifs is 8. The molecule has 0 fully saturated rings. The molecule has 17 rings (SSSR count). The number of hydrogen-bond donors (Lipinski definition) is 0. The fourth-order valence-electron chi connectivity index (χ4n) is 15.1. The Kier molecular flexibility index (Phi) is 15.0. The van der Waals surface area contributed by atoms with E-state index in [0.29, 0.717) is 17.8 Å². The average Bonchev–Trinajstić information content (AvgIpc) is 0.676. The molecular weight excluding hydrogens is 1350 g/mol. The van der Waals surface area contributed by atoms with Gasteiger partial charge < -0.3 is 24.5 Å². The highest BCUT2D eigenvalue weighted by molar-refractivity contribution is 8.00. The molecule has 0 aliphatic carbocycles. The first-order chi connectivity index (χ1) is 49.3. The summed E-state index contributed by atoms with van der Waals surface area (Å²) in [5.74, 6) is -8.92. The predicted molar refractivity (Wildman–Crippen MR) is 375 cm³/mol. The van der Waals surface area contributed by atoms with Crippen LogP contribution in [0.3, 0.4) is 0 Å². The number of benzene rings is 13. The molecule has 22 heteroatoms. The summed E-state index contributed by atoms with van der Waals surface area (Å²) >= 11 is 0.513. The van der Waals surface area contributed by atoms with Crippen LogP contribution < -0.4 is 57.3 Å². The van der Waals surface area contributed by atoms with E-state index in [0.717, 1.165) is 93.6 Å². The molecule has 0 saturated carbocycles. The van der Waals surface area contributed by atoms with E-state index in [-0.39, 0.29) is 94.3 Å². The highest BCUT2D eigenvalue weighted by Crippen LogP contribution is 2.58. The van der Waals surface area contributed by atoms with E-state index in [4.69, 9.17) is 0 Å². The molecule has 0 spiro atoms. The van der Waals surface area contributed by atoms with Gasteiger partial charge >= 0.3 is 12.4 Å². The van der Waals surface area contributed by atoms with Gasteiger partial charge in [0.25, 0.3) is 6.71 Å². The Balaban J connectivity index is 1.06. The Hall–Kier alpha value is -11.6. The summed E-state index contributed by atoms with van der Waals surface area (Å²) in [7, 11) is 0. The van der Waals surface area contributed by atoms with Crippen molar-refractivity contribution in [2.75, 3.05) is 24.5 Å². The first-order valence-electron chi connectivity index (χ1n) is 31.9. The maximum absolute atomic E-state index is 18.4. The fraction of sp³-hybridized carbons (Fsp3) is 0.0250. The molecule has 13 aromatic carbocycles. The van der Waals surface area contributed by atoms with Crippen molar-refractivity contribution in [3.63, 3.8) is 0 Å². The molecule has 4 aliphatic heterocycles. The predicted octanol–water partition coefficient (Wildman–Crippen LogP) is 20.3. The van der Waals surface area contributed by atoms with Crippen molar-refractivity contribution in [1.29, 1.82) is 0 Å². The van der Waals surface area contributed by atoms with Crippen molar-refractivity contribution in [3.05, 3.63) is 319 Å². The molecule has 0 atom stereocenters. The Morgan fingerprint density at radius 1 is 0.304 bits per heavy atom. The lowest BCUT2D eigenvalue weighted by Gasteiger charge is -2.47. The molecule has 102 heavy (non-hydrogen) atoms. The Morgan fingerprint density at radius 3 is 1.18 bits per heavy atom. The van der Waals surface area contributed by atoms with E-state index in [9.17, 15) is 0 Å². The van der Waals surface area contributed by atoms with Crippen LogP contribution in [0, 0.1) is 46.5 Å². The Morgan fingerprint density at radius 2 is 0.706 bits per heavy atom. The molecule has 0 unspecified atom stereocenters. The van der Waals surface area contributed by atoms with E-state index in [1.165, 1.54) is 131 Å². The first-order valence-corrected chi connectivity index (χ1v) is 32.7. The van der Waals surface area contributed by atoms with Crippen LogP contribution in [0.15, 0.2) is 271 Å². The third kappa shape index (κ3) is 9.95. The molecule has 0 aromatic heterocycles. The van der Waals surface area contributed by atoms with Gasteiger partial charge in [0, 0.05) is 60.9 Å². The Labute approximate surface area is 578 Å². The smallest absolute Gasteiger partial charge is 0.309 e. The molecule has 4 aliphatic rings. The Bertz CT molecular complexity index is 5530. The topological polar surface area (TPSA) is 16.2 Å². The minimum absolute atomic E-state index is 0.0221. The van der Waals surface area contributed by atoms with Crippen LogP contribution in [0.4, 0.5) is 147 Å². The van der Waals surface area contributed by atoms with E-state index in [1.807, 2.05) is 0 Å². The van der Waals surface area contributed by atoms with Crippen LogP contribution in [-0.2, 0) is 12.4 Å². The minimum atomic E-state index is -5.62. The van der Waals surface area contributed by atoms with Crippen molar-refractivity contribution in [1.82, 2.24) is 0 Å². The van der Waals surface area contributed by atoms with E-state index in [2.05, 4.69) is 0 Å². The number of para-hydroxylation sites is 9. The minimum Gasteiger partial charge on any atom is -0.309 e.